The van der Waals surface area contributed by atoms with Crippen molar-refractivity contribution in [1.82, 2.24) is 0 Å². The standard InChI is InChI=1S/C18H18N2O3/c1-20-8-6-12-4-2-3-5-14(12)18(20)15-11-16(19(22)23)17(21)10-13(15)7-9-20/h2-5,10-11,18H,6-9H2,1H3/p+1. The Kier molecular flexibility index (Phi) is 2.96. The lowest BCUT2D eigenvalue weighted by molar-refractivity contribution is -0.937. The lowest BCUT2D eigenvalue weighted by atomic mass is 9.80. The minimum absolute atomic E-state index is 0.114. The summed E-state index contributed by atoms with van der Waals surface area (Å²) in [4.78, 5) is 10.7. The van der Waals surface area contributed by atoms with Gasteiger partial charge in [-0.2, -0.15) is 0 Å². The van der Waals surface area contributed by atoms with E-state index in [-0.39, 0.29) is 17.5 Å². The Morgan fingerprint density at radius 2 is 1.83 bits per heavy atom. The fourth-order valence-corrected chi connectivity index (χ4v) is 4.24. The van der Waals surface area contributed by atoms with E-state index in [1.54, 1.807) is 12.1 Å². The van der Waals surface area contributed by atoms with Gasteiger partial charge in [0.25, 0.3) is 0 Å². The summed E-state index contributed by atoms with van der Waals surface area (Å²) in [6.45, 7) is 2.03. The number of hydrogen-bond donors (Lipinski definition) is 1. The molecule has 0 fully saturated rings. The van der Waals surface area contributed by atoms with Gasteiger partial charge >= 0.3 is 5.69 Å². The van der Waals surface area contributed by atoms with Crippen LogP contribution in [0.25, 0.3) is 0 Å². The molecule has 2 aromatic carbocycles. The van der Waals surface area contributed by atoms with Crippen molar-refractivity contribution in [2.45, 2.75) is 18.9 Å². The van der Waals surface area contributed by atoms with E-state index < -0.39 is 4.92 Å². The molecule has 5 heteroatoms. The number of quaternary nitrogens is 1. The van der Waals surface area contributed by atoms with Crippen molar-refractivity contribution in [2.75, 3.05) is 20.1 Å². The maximum Gasteiger partial charge on any atom is 0.311 e. The normalized spacial score (nSPS) is 25.2. The molecule has 0 spiro atoms. The molecule has 2 aromatic rings. The fourth-order valence-electron chi connectivity index (χ4n) is 4.24. The van der Waals surface area contributed by atoms with Crippen molar-refractivity contribution in [3.05, 3.63) is 68.8 Å². The summed E-state index contributed by atoms with van der Waals surface area (Å²) in [6.07, 6.45) is 1.88. The first-order valence-corrected chi connectivity index (χ1v) is 7.92. The van der Waals surface area contributed by atoms with Crippen molar-refractivity contribution >= 4 is 5.69 Å². The third-order valence-corrected chi connectivity index (χ3v) is 5.48. The number of likely N-dealkylation sites (N-methyl/N-ethyl adjacent to an activating group) is 1. The van der Waals surface area contributed by atoms with E-state index in [1.807, 2.05) is 6.07 Å². The van der Waals surface area contributed by atoms with Crippen molar-refractivity contribution in [3.63, 3.8) is 0 Å². The van der Waals surface area contributed by atoms with Crippen LogP contribution in [-0.4, -0.2) is 34.7 Å². The molecule has 4 rings (SSSR count). The molecule has 5 nitrogen and oxygen atoms in total. The third-order valence-electron chi connectivity index (χ3n) is 5.48. The molecule has 2 heterocycles. The largest absolute Gasteiger partial charge is 0.502 e. The van der Waals surface area contributed by atoms with Crippen LogP contribution in [0.15, 0.2) is 36.4 Å². The number of phenols is 1. The molecule has 0 amide bonds. The number of rotatable bonds is 1. The summed E-state index contributed by atoms with van der Waals surface area (Å²) in [7, 11) is 2.24. The zero-order chi connectivity index (χ0) is 16.2. The second-order valence-corrected chi connectivity index (χ2v) is 6.82. The van der Waals surface area contributed by atoms with Gasteiger partial charge in [-0.1, -0.05) is 24.3 Å². The molecular formula is C18H19N2O3+. The Labute approximate surface area is 134 Å². The lowest BCUT2D eigenvalue weighted by Crippen LogP contribution is -2.54. The second kappa shape index (κ2) is 4.80. The first-order valence-electron chi connectivity index (χ1n) is 7.92. The lowest BCUT2D eigenvalue weighted by Gasteiger charge is -2.49. The molecule has 2 atom stereocenters. The Balaban J connectivity index is 1.96. The van der Waals surface area contributed by atoms with Crippen molar-refractivity contribution < 1.29 is 14.5 Å². The van der Waals surface area contributed by atoms with Gasteiger partial charge in [-0.15, -0.1) is 0 Å². The minimum Gasteiger partial charge on any atom is -0.502 e. The van der Waals surface area contributed by atoms with Crippen LogP contribution < -0.4 is 0 Å². The molecule has 0 saturated carbocycles. The summed E-state index contributed by atoms with van der Waals surface area (Å²) in [5.74, 6) is -0.228. The highest BCUT2D eigenvalue weighted by atomic mass is 16.6. The average molecular weight is 311 g/mol. The van der Waals surface area contributed by atoms with Gasteiger partial charge in [0.2, 0.25) is 0 Å². The van der Waals surface area contributed by atoms with Crippen LogP contribution in [0.3, 0.4) is 0 Å². The number of aromatic hydroxyl groups is 1. The van der Waals surface area contributed by atoms with E-state index >= 15 is 0 Å². The molecule has 1 N–H and O–H groups in total. The van der Waals surface area contributed by atoms with Crippen LogP contribution in [-0.2, 0) is 12.8 Å². The predicted molar refractivity (Wildman–Crippen MR) is 86.4 cm³/mol. The molecule has 2 unspecified atom stereocenters. The Morgan fingerprint density at radius 1 is 1.13 bits per heavy atom. The monoisotopic (exact) mass is 311 g/mol. The van der Waals surface area contributed by atoms with Crippen LogP contribution in [0.1, 0.15) is 28.3 Å². The summed E-state index contributed by atoms with van der Waals surface area (Å²) in [6, 6.07) is 11.7. The van der Waals surface area contributed by atoms with E-state index in [9.17, 15) is 15.2 Å². The Bertz CT molecular complexity index is 818. The molecule has 2 aliphatic heterocycles. The van der Waals surface area contributed by atoms with Gasteiger partial charge in [0, 0.05) is 30.0 Å². The molecule has 0 aromatic heterocycles. The zero-order valence-corrected chi connectivity index (χ0v) is 13.0. The fraction of sp³-hybridized carbons (Fsp3) is 0.333. The van der Waals surface area contributed by atoms with Gasteiger partial charge in [0.05, 0.1) is 25.1 Å². The van der Waals surface area contributed by atoms with Gasteiger partial charge in [-0.05, 0) is 17.2 Å². The molecule has 2 aliphatic rings. The Hall–Kier alpha value is -2.40. The topological polar surface area (TPSA) is 63.4 Å². The number of nitro groups is 1. The number of hydrogen-bond acceptors (Lipinski definition) is 3. The Morgan fingerprint density at radius 3 is 2.57 bits per heavy atom. The molecular weight excluding hydrogens is 292 g/mol. The number of nitro benzene ring substituents is 1. The van der Waals surface area contributed by atoms with Gasteiger partial charge in [0.1, 0.15) is 6.04 Å². The van der Waals surface area contributed by atoms with Crippen LogP contribution in [0.5, 0.6) is 5.75 Å². The molecule has 0 bridgehead atoms. The first kappa shape index (κ1) is 14.2. The van der Waals surface area contributed by atoms with Gasteiger partial charge in [-0.3, -0.25) is 10.1 Å². The maximum atomic E-state index is 11.2. The zero-order valence-electron chi connectivity index (χ0n) is 13.0. The maximum absolute atomic E-state index is 11.2. The van der Waals surface area contributed by atoms with Crippen molar-refractivity contribution in [3.8, 4) is 5.75 Å². The SMILES string of the molecule is C[N+]12CCc3ccccc3C1c1cc([N+](=O)[O-])c(O)cc1CC2. The average Bonchev–Trinajstić information content (AvgIpc) is 2.53. The van der Waals surface area contributed by atoms with Crippen molar-refractivity contribution in [2.24, 2.45) is 0 Å². The number of fused-ring (bicyclic) bond motifs is 5. The van der Waals surface area contributed by atoms with Crippen LogP contribution >= 0.6 is 0 Å². The van der Waals surface area contributed by atoms with Gasteiger partial charge in [-0.25, -0.2) is 0 Å². The molecule has 0 aliphatic carbocycles. The smallest absolute Gasteiger partial charge is 0.311 e. The van der Waals surface area contributed by atoms with E-state index in [0.717, 1.165) is 41.5 Å². The van der Waals surface area contributed by atoms with E-state index in [1.165, 1.54) is 11.1 Å². The second-order valence-electron chi connectivity index (χ2n) is 6.82. The van der Waals surface area contributed by atoms with Gasteiger partial charge in [0.15, 0.2) is 5.75 Å². The summed E-state index contributed by atoms with van der Waals surface area (Å²) >= 11 is 0. The molecule has 23 heavy (non-hydrogen) atoms. The van der Waals surface area contributed by atoms with Crippen LogP contribution in [0.2, 0.25) is 0 Å². The summed E-state index contributed by atoms with van der Waals surface area (Å²) in [5, 5.41) is 21.2. The third kappa shape index (κ3) is 2.04. The quantitative estimate of drug-likeness (QED) is 0.500. The highest BCUT2D eigenvalue weighted by molar-refractivity contribution is 5.54. The van der Waals surface area contributed by atoms with E-state index in [2.05, 4.69) is 25.2 Å². The number of benzene rings is 2. The highest BCUT2D eigenvalue weighted by Gasteiger charge is 2.44. The minimum atomic E-state index is -0.497. The number of nitrogens with zero attached hydrogens (tertiary/aromatic N) is 2. The number of phenolic OH excluding ortho intramolecular Hbond substituents is 1. The predicted octanol–water partition coefficient (Wildman–Crippen LogP) is 2.95. The molecule has 118 valence electrons. The summed E-state index contributed by atoms with van der Waals surface area (Å²) in [5.41, 5.74) is 4.43. The first-order chi connectivity index (χ1) is 11.0. The van der Waals surface area contributed by atoms with E-state index in [0.29, 0.717) is 0 Å². The van der Waals surface area contributed by atoms with Crippen LogP contribution in [0.4, 0.5) is 5.69 Å². The highest BCUT2D eigenvalue weighted by Crippen LogP contribution is 2.46. The van der Waals surface area contributed by atoms with Gasteiger partial charge < -0.3 is 9.59 Å². The van der Waals surface area contributed by atoms with E-state index in [4.69, 9.17) is 0 Å². The molecule has 0 saturated heterocycles. The van der Waals surface area contributed by atoms with Crippen LogP contribution in [0, 0.1) is 10.1 Å². The molecule has 0 radical (unpaired) electrons. The summed E-state index contributed by atoms with van der Waals surface area (Å²) < 4.78 is 0.881. The van der Waals surface area contributed by atoms with Crippen molar-refractivity contribution in [1.29, 1.82) is 0 Å².